The van der Waals surface area contributed by atoms with Crippen molar-refractivity contribution < 1.29 is 4.79 Å². The maximum Gasteiger partial charge on any atom is 0.266 e. The molecule has 0 saturated carbocycles. The van der Waals surface area contributed by atoms with Crippen molar-refractivity contribution in [2.75, 3.05) is 0 Å². The third-order valence-electron chi connectivity index (χ3n) is 3.68. The summed E-state index contributed by atoms with van der Waals surface area (Å²) in [7, 11) is 0. The van der Waals surface area contributed by atoms with E-state index in [1.54, 1.807) is 12.5 Å². The van der Waals surface area contributed by atoms with Gasteiger partial charge < -0.3 is 9.55 Å². The summed E-state index contributed by atoms with van der Waals surface area (Å²) in [5, 5.41) is 0. The predicted molar refractivity (Wildman–Crippen MR) is 100 cm³/mol. The summed E-state index contributed by atoms with van der Waals surface area (Å²) in [6.07, 6.45) is 8.65. The normalized spacial score (nSPS) is 13.4. The molecule has 0 spiro atoms. The van der Waals surface area contributed by atoms with Gasteiger partial charge in [0.05, 0.1) is 15.5 Å². The van der Waals surface area contributed by atoms with E-state index in [0.717, 1.165) is 11.3 Å². The fourth-order valence-electron chi connectivity index (χ4n) is 2.17. The Labute approximate surface area is 149 Å². The molecule has 0 bridgehead atoms. The average molecular weight is 353 g/mol. The van der Waals surface area contributed by atoms with Crippen LogP contribution in [0.2, 0.25) is 0 Å². The standard InChI is InChI=1S/C19H19N3O2S/c1-19(2,3)16(23)11-17-21-18(24)15(25-17)10-13-4-6-14(7-5-13)22-9-8-20-12-22/h4-12H,1-3H3,(H,21,24)/b15-10-,17-11-. The van der Waals surface area contributed by atoms with Crippen LogP contribution >= 0.6 is 11.3 Å². The summed E-state index contributed by atoms with van der Waals surface area (Å²) < 4.78 is 3.06. The number of hydrogen-bond donors (Lipinski definition) is 1. The third kappa shape index (κ3) is 4.03. The van der Waals surface area contributed by atoms with E-state index in [1.165, 1.54) is 17.4 Å². The molecule has 6 heteroatoms. The number of aromatic nitrogens is 3. The first-order valence-corrected chi connectivity index (χ1v) is 8.70. The number of thiazole rings is 1. The van der Waals surface area contributed by atoms with Crippen LogP contribution in [0.3, 0.4) is 0 Å². The Morgan fingerprint density at radius 1 is 1.24 bits per heavy atom. The predicted octanol–water partition coefficient (Wildman–Crippen LogP) is 1.85. The van der Waals surface area contributed by atoms with Gasteiger partial charge in [0.1, 0.15) is 0 Å². The van der Waals surface area contributed by atoms with Gasteiger partial charge in [-0.3, -0.25) is 9.59 Å². The Morgan fingerprint density at radius 2 is 1.96 bits per heavy atom. The zero-order valence-corrected chi connectivity index (χ0v) is 15.1. The van der Waals surface area contributed by atoms with Gasteiger partial charge in [-0.1, -0.05) is 32.9 Å². The smallest absolute Gasteiger partial charge is 0.266 e. The van der Waals surface area contributed by atoms with Crippen molar-refractivity contribution >= 4 is 29.3 Å². The summed E-state index contributed by atoms with van der Waals surface area (Å²) in [6, 6.07) is 7.81. The van der Waals surface area contributed by atoms with Crippen molar-refractivity contribution in [2.45, 2.75) is 20.8 Å². The van der Waals surface area contributed by atoms with Gasteiger partial charge >= 0.3 is 0 Å². The average Bonchev–Trinajstić information content (AvgIpc) is 3.18. The molecule has 0 unspecified atom stereocenters. The number of nitrogens with one attached hydrogen (secondary N) is 1. The molecule has 0 saturated heterocycles. The summed E-state index contributed by atoms with van der Waals surface area (Å²) in [5.74, 6) is -0.0127. The molecule has 5 nitrogen and oxygen atoms in total. The number of nitrogens with zero attached hydrogens (tertiary/aromatic N) is 2. The minimum Gasteiger partial charge on any atom is -0.313 e. The van der Waals surface area contributed by atoms with Gasteiger partial charge in [0.15, 0.2) is 5.78 Å². The quantitative estimate of drug-likeness (QED) is 0.781. The van der Waals surface area contributed by atoms with E-state index in [-0.39, 0.29) is 11.3 Å². The Balaban J connectivity index is 1.93. The fourth-order valence-corrected chi connectivity index (χ4v) is 3.05. The molecule has 3 aromatic rings. The first-order valence-electron chi connectivity index (χ1n) is 7.88. The highest BCUT2D eigenvalue weighted by Crippen LogP contribution is 2.14. The van der Waals surface area contributed by atoms with Crippen molar-refractivity contribution in [3.05, 3.63) is 68.1 Å². The number of carbonyl (C=O) groups is 1. The molecule has 3 rings (SSSR count). The molecule has 0 aliphatic heterocycles. The van der Waals surface area contributed by atoms with Crippen molar-refractivity contribution in [1.29, 1.82) is 0 Å². The number of Topliss-reactive ketones (excluding diaryl/α,β-unsaturated/α-hetero) is 1. The van der Waals surface area contributed by atoms with Crippen LogP contribution in [0.15, 0.2) is 47.8 Å². The largest absolute Gasteiger partial charge is 0.313 e. The van der Waals surface area contributed by atoms with Crippen LogP contribution in [-0.2, 0) is 4.79 Å². The molecule has 2 aromatic heterocycles. The second-order valence-electron chi connectivity index (χ2n) is 6.75. The van der Waals surface area contributed by atoms with Crippen molar-refractivity contribution in [2.24, 2.45) is 5.41 Å². The molecule has 0 atom stereocenters. The third-order valence-corrected chi connectivity index (χ3v) is 4.64. The summed E-state index contributed by atoms with van der Waals surface area (Å²) in [4.78, 5) is 31.0. The van der Waals surface area contributed by atoms with E-state index in [1.807, 2.05) is 61.9 Å². The molecule has 1 N–H and O–H groups in total. The van der Waals surface area contributed by atoms with Crippen LogP contribution in [0.4, 0.5) is 0 Å². The molecule has 128 valence electrons. The van der Waals surface area contributed by atoms with Crippen LogP contribution in [-0.4, -0.2) is 20.3 Å². The van der Waals surface area contributed by atoms with Gasteiger partial charge in [-0.2, -0.15) is 0 Å². The molecule has 0 aliphatic rings. The maximum atomic E-state index is 12.1. The van der Waals surface area contributed by atoms with Crippen LogP contribution in [0, 0.1) is 5.41 Å². The van der Waals surface area contributed by atoms with Crippen LogP contribution < -0.4 is 14.8 Å². The highest BCUT2D eigenvalue weighted by molar-refractivity contribution is 7.07. The van der Waals surface area contributed by atoms with E-state index in [2.05, 4.69) is 9.97 Å². The molecule has 0 aliphatic carbocycles. The van der Waals surface area contributed by atoms with Crippen molar-refractivity contribution in [3.8, 4) is 5.69 Å². The van der Waals surface area contributed by atoms with Gasteiger partial charge in [-0.25, -0.2) is 4.98 Å². The molecule has 1 aromatic carbocycles. The Morgan fingerprint density at radius 3 is 2.56 bits per heavy atom. The molecular weight excluding hydrogens is 334 g/mol. The highest BCUT2D eigenvalue weighted by atomic mass is 32.1. The van der Waals surface area contributed by atoms with Gasteiger partial charge in [0, 0.05) is 29.6 Å². The number of benzene rings is 1. The zero-order valence-electron chi connectivity index (χ0n) is 14.3. The van der Waals surface area contributed by atoms with Crippen molar-refractivity contribution in [1.82, 2.24) is 14.5 Å². The lowest BCUT2D eigenvalue weighted by atomic mass is 9.91. The first kappa shape index (κ1) is 17.1. The number of H-pyrrole nitrogens is 1. The summed E-state index contributed by atoms with van der Waals surface area (Å²) >= 11 is 1.29. The topological polar surface area (TPSA) is 67.8 Å². The maximum absolute atomic E-state index is 12.1. The zero-order chi connectivity index (χ0) is 18.0. The molecule has 25 heavy (non-hydrogen) atoms. The summed E-state index contributed by atoms with van der Waals surface area (Å²) in [6.45, 7) is 5.56. The number of ketones is 1. The number of rotatable bonds is 3. The molecule has 0 fully saturated rings. The monoisotopic (exact) mass is 353 g/mol. The van der Waals surface area contributed by atoms with Crippen LogP contribution in [0.5, 0.6) is 0 Å². The van der Waals surface area contributed by atoms with Gasteiger partial charge in [0.2, 0.25) is 0 Å². The van der Waals surface area contributed by atoms with Gasteiger partial charge in [-0.15, -0.1) is 11.3 Å². The van der Waals surface area contributed by atoms with E-state index < -0.39 is 5.41 Å². The Kier molecular flexibility index (Phi) is 4.55. The number of carbonyl (C=O) groups excluding carboxylic acids is 1. The minimum atomic E-state index is -0.464. The van der Waals surface area contributed by atoms with Crippen LogP contribution in [0.25, 0.3) is 17.8 Å². The Bertz CT molecular complexity index is 1050. The highest BCUT2D eigenvalue weighted by Gasteiger charge is 2.18. The molecule has 2 heterocycles. The molecule has 0 amide bonds. The van der Waals surface area contributed by atoms with Gasteiger partial charge in [-0.05, 0) is 23.8 Å². The van der Waals surface area contributed by atoms with E-state index >= 15 is 0 Å². The lowest BCUT2D eigenvalue weighted by molar-refractivity contribution is -0.119. The van der Waals surface area contributed by atoms with E-state index in [0.29, 0.717) is 9.20 Å². The fraction of sp³-hybridized carbons (Fsp3) is 0.211. The second-order valence-corrected chi connectivity index (χ2v) is 7.83. The SMILES string of the molecule is CC(C)(C)C(=O)/C=c1/[nH]c(=O)/c(=C/c2ccc(-n3ccnc3)cc2)s1. The van der Waals surface area contributed by atoms with E-state index in [4.69, 9.17) is 0 Å². The molecular formula is C19H19N3O2S. The van der Waals surface area contributed by atoms with Crippen LogP contribution in [0.1, 0.15) is 26.3 Å². The minimum absolute atomic E-state index is 0.0127. The van der Waals surface area contributed by atoms with E-state index in [9.17, 15) is 9.59 Å². The Hall–Kier alpha value is -2.73. The van der Waals surface area contributed by atoms with Gasteiger partial charge in [0.25, 0.3) is 5.56 Å². The number of hydrogen-bond acceptors (Lipinski definition) is 4. The molecule has 0 radical (unpaired) electrons. The summed E-state index contributed by atoms with van der Waals surface area (Å²) in [5.41, 5.74) is 1.27. The number of aromatic amines is 1. The second kappa shape index (κ2) is 6.64. The van der Waals surface area contributed by atoms with Crippen molar-refractivity contribution in [3.63, 3.8) is 0 Å². The number of imidazole rings is 1. The lowest BCUT2D eigenvalue weighted by Crippen LogP contribution is -2.22. The first-order chi connectivity index (χ1) is 11.8. The lowest BCUT2D eigenvalue weighted by Gasteiger charge is -2.12.